The first-order valence-electron chi connectivity index (χ1n) is 17.7. The van der Waals surface area contributed by atoms with Crippen LogP contribution in [0, 0.1) is 5.82 Å². The zero-order chi connectivity index (χ0) is 36.6. The second-order valence-corrected chi connectivity index (χ2v) is 13.7. The lowest BCUT2D eigenvalue weighted by Crippen LogP contribution is -2.57. The Kier molecular flexibility index (Phi) is 10.2. The average Bonchev–Trinajstić information content (AvgIpc) is 3.86. The van der Waals surface area contributed by atoms with Crippen LogP contribution in [0.1, 0.15) is 56.2 Å². The Balaban J connectivity index is 1.09. The topological polar surface area (TPSA) is 111 Å². The summed E-state index contributed by atoms with van der Waals surface area (Å²) in [5.41, 5.74) is -0.240. The van der Waals surface area contributed by atoms with Crippen LogP contribution in [0.2, 0.25) is 0 Å². The highest BCUT2D eigenvalue weighted by Crippen LogP contribution is 2.40. The monoisotopic (exact) mass is 725 g/mol. The van der Waals surface area contributed by atoms with Crippen molar-refractivity contribution in [2.75, 3.05) is 67.0 Å². The van der Waals surface area contributed by atoms with E-state index in [-0.39, 0.29) is 23.9 Å². The van der Waals surface area contributed by atoms with Crippen LogP contribution in [0.5, 0.6) is 5.88 Å². The smallest absolute Gasteiger partial charge is 0.419 e. The van der Waals surface area contributed by atoms with E-state index in [1.165, 1.54) is 43.5 Å². The summed E-state index contributed by atoms with van der Waals surface area (Å²) in [5.74, 6) is -0.318. The molecule has 2 N–H and O–H groups in total. The molecule has 3 aliphatic heterocycles. The number of benzene rings is 1. The number of alkyl halides is 3. The van der Waals surface area contributed by atoms with E-state index in [0.29, 0.717) is 41.5 Å². The maximum atomic E-state index is 14.0. The number of aromatic nitrogens is 3. The third-order valence-electron chi connectivity index (χ3n) is 10.3. The number of anilines is 5. The predicted octanol–water partition coefficient (Wildman–Crippen LogP) is 5.93. The number of hydrogen-bond acceptors (Lipinski definition) is 11. The Morgan fingerprint density at radius 1 is 1.02 bits per heavy atom. The minimum absolute atomic E-state index is 0.217. The number of nitrogens with zero attached hydrogens (tertiary/aromatic N) is 7. The fraction of sp³-hybridized carbons (Fsp3) is 0.500. The molecule has 0 unspecified atom stereocenters. The van der Waals surface area contributed by atoms with Gasteiger partial charge in [0.2, 0.25) is 11.8 Å². The van der Waals surface area contributed by atoms with E-state index in [1.807, 2.05) is 0 Å². The van der Waals surface area contributed by atoms with Crippen molar-refractivity contribution in [1.82, 2.24) is 24.8 Å². The molecule has 2 atom stereocenters. The van der Waals surface area contributed by atoms with Crippen molar-refractivity contribution in [2.45, 2.75) is 69.4 Å². The molecule has 4 aliphatic rings. The second kappa shape index (κ2) is 14.8. The van der Waals surface area contributed by atoms with Gasteiger partial charge in [-0.3, -0.25) is 19.4 Å². The molecule has 3 aromatic rings. The van der Waals surface area contributed by atoms with Crippen molar-refractivity contribution >= 4 is 34.7 Å². The number of piperazine rings is 1. The van der Waals surface area contributed by atoms with Gasteiger partial charge in [-0.2, -0.15) is 18.2 Å². The molecule has 12 nitrogen and oxygen atoms in total. The highest BCUT2D eigenvalue weighted by molar-refractivity contribution is 6.01. The minimum Gasteiger partial charge on any atom is -0.479 e. The van der Waals surface area contributed by atoms with Gasteiger partial charge in [-0.25, -0.2) is 19.4 Å². The number of rotatable bonds is 10. The van der Waals surface area contributed by atoms with Gasteiger partial charge in [-0.05, 0) is 62.4 Å². The second-order valence-electron chi connectivity index (χ2n) is 13.7. The quantitative estimate of drug-likeness (QED) is 0.192. The number of pyridine rings is 1. The summed E-state index contributed by atoms with van der Waals surface area (Å²) in [6.07, 6.45) is 2.57. The van der Waals surface area contributed by atoms with Crippen molar-refractivity contribution in [3.05, 3.63) is 66.3 Å². The maximum absolute atomic E-state index is 14.0. The summed E-state index contributed by atoms with van der Waals surface area (Å²) in [6, 6.07) is 7.38. The number of halogens is 4. The number of methoxy groups -OCH3 is 1. The number of hydrogen-bond donors (Lipinski definition) is 2. The molecule has 1 aromatic carbocycles. The summed E-state index contributed by atoms with van der Waals surface area (Å²) < 4.78 is 60.2. The lowest BCUT2D eigenvalue weighted by atomic mass is 10.0. The number of hydroxylamine groups is 1. The molecule has 0 bridgehead atoms. The van der Waals surface area contributed by atoms with E-state index >= 15 is 0 Å². The molecule has 3 saturated heterocycles. The number of amides is 1. The molecule has 278 valence electrons. The van der Waals surface area contributed by atoms with Crippen LogP contribution in [-0.2, 0) is 15.8 Å². The molecule has 1 aliphatic carbocycles. The number of carbonyl (C=O) groups excluding carboxylic acids is 1. The van der Waals surface area contributed by atoms with Crippen LogP contribution in [0.15, 0.2) is 49.3 Å². The molecule has 2 aromatic heterocycles. The Labute approximate surface area is 299 Å². The SMILES string of the molecule is C=CC(=O)Nc1cc(Nc2cc(N3OCC[C@@H]3c3ccc(F)c(C(F)(F)F)c3)ncn2)c(OC)nc1N1CCC(N2CCN(C3CC3)[C@@H](C)C2)CC1. The van der Waals surface area contributed by atoms with Gasteiger partial charge in [0.1, 0.15) is 23.6 Å². The molecule has 1 saturated carbocycles. The summed E-state index contributed by atoms with van der Waals surface area (Å²) in [7, 11) is 1.50. The molecule has 1 amide bonds. The molecule has 52 heavy (non-hydrogen) atoms. The van der Waals surface area contributed by atoms with Crippen LogP contribution in [0.25, 0.3) is 0 Å². The summed E-state index contributed by atoms with van der Waals surface area (Å²) in [6.45, 7) is 11.0. The minimum atomic E-state index is -4.84. The molecule has 16 heteroatoms. The van der Waals surface area contributed by atoms with Gasteiger partial charge in [-0.15, -0.1) is 0 Å². The van der Waals surface area contributed by atoms with E-state index in [4.69, 9.17) is 14.6 Å². The molecule has 7 rings (SSSR count). The lowest BCUT2D eigenvalue weighted by Gasteiger charge is -2.46. The normalized spacial score (nSPS) is 22.0. The summed E-state index contributed by atoms with van der Waals surface area (Å²) >= 11 is 0. The maximum Gasteiger partial charge on any atom is 0.419 e. The largest absolute Gasteiger partial charge is 0.479 e. The number of ether oxygens (including phenoxy) is 1. The van der Waals surface area contributed by atoms with Gasteiger partial charge in [0, 0.05) is 63.3 Å². The Morgan fingerprint density at radius 3 is 2.50 bits per heavy atom. The fourth-order valence-corrected chi connectivity index (χ4v) is 7.61. The zero-order valence-electron chi connectivity index (χ0n) is 29.2. The van der Waals surface area contributed by atoms with Gasteiger partial charge >= 0.3 is 6.18 Å². The summed E-state index contributed by atoms with van der Waals surface area (Å²) in [4.78, 5) is 39.3. The van der Waals surface area contributed by atoms with Gasteiger partial charge < -0.3 is 20.3 Å². The first kappa shape index (κ1) is 35.8. The standard InChI is InChI=1S/C36H43F4N9O3/c1-4-33(50)44-28-18-29(35(51-3)45-34(28)46-12-9-24(10-13-46)47-14-15-48(22(2)20-47)25-6-7-25)43-31-19-32(42-21-41-31)49-30(11-16-52-49)23-5-8-27(37)26(17-23)36(38,39)40/h4-5,8,17-19,21-22,24-25,30H,1,6-7,9-16,20H2,2-3H3,(H,44,50)(H,41,42,43)/t22-,30+/m0/s1. The van der Waals surface area contributed by atoms with Crippen LogP contribution in [0.4, 0.5) is 46.4 Å². The van der Waals surface area contributed by atoms with Crippen molar-refractivity contribution < 1.29 is 31.9 Å². The zero-order valence-corrected chi connectivity index (χ0v) is 29.2. The summed E-state index contributed by atoms with van der Waals surface area (Å²) in [5, 5.41) is 7.47. The molecule has 0 radical (unpaired) electrons. The lowest BCUT2D eigenvalue weighted by molar-refractivity contribution is -0.140. The van der Waals surface area contributed by atoms with Crippen LogP contribution in [0.3, 0.4) is 0 Å². The first-order chi connectivity index (χ1) is 25.0. The van der Waals surface area contributed by atoms with Crippen molar-refractivity contribution in [1.29, 1.82) is 0 Å². The predicted molar refractivity (Wildman–Crippen MR) is 188 cm³/mol. The highest BCUT2D eigenvalue weighted by atomic mass is 19.4. The van der Waals surface area contributed by atoms with Crippen molar-refractivity contribution in [3.63, 3.8) is 0 Å². The Bertz CT molecular complexity index is 1780. The Morgan fingerprint density at radius 2 is 1.81 bits per heavy atom. The van der Waals surface area contributed by atoms with Gasteiger partial charge in [0.05, 0.1) is 31.0 Å². The van der Waals surface area contributed by atoms with Crippen molar-refractivity contribution in [3.8, 4) is 5.88 Å². The van der Waals surface area contributed by atoms with Gasteiger partial charge in [-0.1, -0.05) is 12.6 Å². The third kappa shape index (κ3) is 7.64. The Hall–Kier alpha value is -4.54. The van der Waals surface area contributed by atoms with E-state index in [2.05, 4.69) is 48.8 Å². The van der Waals surface area contributed by atoms with E-state index in [0.717, 1.165) is 63.7 Å². The van der Waals surface area contributed by atoms with Crippen LogP contribution in [-0.4, -0.2) is 95.2 Å². The number of carbonyl (C=O) groups is 1. The average molecular weight is 726 g/mol. The van der Waals surface area contributed by atoms with E-state index < -0.39 is 29.5 Å². The molecular weight excluding hydrogens is 682 g/mol. The molecule has 4 fully saturated rings. The molecule has 0 spiro atoms. The first-order valence-corrected chi connectivity index (χ1v) is 17.7. The van der Waals surface area contributed by atoms with Crippen molar-refractivity contribution in [2.24, 2.45) is 0 Å². The number of nitrogens with one attached hydrogen (secondary N) is 2. The van der Waals surface area contributed by atoms with Gasteiger partial charge in [0.25, 0.3) is 0 Å². The molecule has 5 heterocycles. The third-order valence-corrected chi connectivity index (χ3v) is 10.3. The van der Waals surface area contributed by atoms with E-state index in [9.17, 15) is 22.4 Å². The van der Waals surface area contributed by atoms with Crippen LogP contribution < -0.4 is 25.3 Å². The molecular formula is C36H43F4N9O3. The van der Waals surface area contributed by atoms with E-state index in [1.54, 1.807) is 12.1 Å². The van der Waals surface area contributed by atoms with Crippen LogP contribution >= 0.6 is 0 Å². The fourth-order valence-electron chi connectivity index (χ4n) is 7.61. The van der Waals surface area contributed by atoms with Gasteiger partial charge in [0.15, 0.2) is 11.6 Å². The number of piperidine rings is 1. The highest BCUT2D eigenvalue weighted by Gasteiger charge is 2.39.